The summed E-state index contributed by atoms with van der Waals surface area (Å²) in [5.41, 5.74) is -0.0947. The van der Waals surface area contributed by atoms with Gasteiger partial charge in [0.15, 0.2) is 0 Å². The summed E-state index contributed by atoms with van der Waals surface area (Å²) in [6.07, 6.45) is 6.84. The lowest BCUT2D eigenvalue weighted by Gasteiger charge is -2.38. The van der Waals surface area contributed by atoms with Gasteiger partial charge in [-0.15, -0.1) is 6.42 Å². The van der Waals surface area contributed by atoms with Crippen molar-refractivity contribution < 1.29 is 14.6 Å². The van der Waals surface area contributed by atoms with Gasteiger partial charge in [-0.2, -0.15) is 0 Å². The molecule has 0 saturated heterocycles. The van der Waals surface area contributed by atoms with E-state index in [2.05, 4.69) is 5.92 Å². The van der Waals surface area contributed by atoms with Gasteiger partial charge in [-0.1, -0.05) is 36.3 Å². The Morgan fingerprint density at radius 2 is 2.20 bits per heavy atom. The van der Waals surface area contributed by atoms with Crippen LogP contribution >= 0.6 is 0 Å². The van der Waals surface area contributed by atoms with Crippen molar-refractivity contribution >= 4 is 5.97 Å². The van der Waals surface area contributed by atoms with E-state index in [1.165, 1.54) is 0 Å². The van der Waals surface area contributed by atoms with Crippen LogP contribution in [0.5, 0.6) is 0 Å². The Balaban J connectivity index is 2.28. The summed E-state index contributed by atoms with van der Waals surface area (Å²) in [5.74, 6) is 1.96. The molecule has 3 atom stereocenters. The van der Waals surface area contributed by atoms with Crippen molar-refractivity contribution in [3.8, 4) is 12.3 Å². The number of ether oxygens (including phenoxy) is 1. The number of carbonyl (C=O) groups excluding carboxylic acids is 1. The molecule has 1 unspecified atom stereocenters. The fraction of sp³-hybridized carbons (Fsp3) is 0.471. The lowest BCUT2D eigenvalue weighted by molar-refractivity contribution is -0.151. The van der Waals surface area contributed by atoms with Crippen molar-refractivity contribution in [2.45, 2.75) is 37.7 Å². The third kappa shape index (κ3) is 3.02. The van der Waals surface area contributed by atoms with Crippen LogP contribution in [-0.2, 0) is 9.53 Å². The zero-order valence-corrected chi connectivity index (χ0v) is 11.7. The van der Waals surface area contributed by atoms with Gasteiger partial charge in [0.05, 0.1) is 12.5 Å². The maximum Gasteiger partial charge on any atom is 0.309 e. The quantitative estimate of drug-likeness (QED) is 0.679. The fourth-order valence-corrected chi connectivity index (χ4v) is 2.92. The van der Waals surface area contributed by atoms with Gasteiger partial charge in [-0.05, 0) is 31.7 Å². The number of hydrogen-bond donors (Lipinski definition) is 1. The van der Waals surface area contributed by atoms with Gasteiger partial charge in [0.2, 0.25) is 0 Å². The number of aliphatic hydroxyl groups is 1. The second kappa shape index (κ2) is 6.11. The first-order valence-electron chi connectivity index (χ1n) is 7.01. The van der Waals surface area contributed by atoms with E-state index >= 15 is 0 Å². The number of terminal acetylenes is 1. The second-order valence-corrected chi connectivity index (χ2v) is 5.29. The highest BCUT2D eigenvalue weighted by atomic mass is 16.5. The molecule has 0 aromatic heterocycles. The van der Waals surface area contributed by atoms with Crippen LogP contribution in [0.1, 0.15) is 37.7 Å². The minimum atomic E-state index is -1.12. The average Bonchev–Trinajstić information content (AvgIpc) is 2.48. The Kier molecular flexibility index (Phi) is 4.46. The SMILES string of the molecule is C#CC1(O)CC[C@H](C(=O)OCC)[C@@H](c2ccccc2)C1. The lowest BCUT2D eigenvalue weighted by atomic mass is 9.69. The zero-order valence-electron chi connectivity index (χ0n) is 11.7. The van der Waals surface area contributed by atoms with Crippen LogP contribution in [0.3, 0.4) is 0 Å². The Hall–Kier alpha value is -1.79. The molecular weight excluding hydrogens is 252 g/mol. The summed E-state index contributed by atoms with van der Waals surface area (Å²) < 4.78 is 5.16. The Morgan fingerprint density at radius 1 is 1.50 bits per heavy atom. The molecule has 1 fully saturated rings. The van der Waals surface area contributed by atoms with Crippen molar-refractivity contribution in [2.24, 2.45) is 5.92 Å². The van der Waals surface area contributed by atoms with Crippen molar-refractivity contribution in [1.82, 2.24) is 0 Å². The molecule has 0 spiro atoms. The molecule has 1 N–H and O–H groups in total. The maximum absolute atomic E-state index is 12.1. The van der Waals surface area contributed by atoms with Crippen LogP contribution in [0.25, 0.3) is 0 Å². The number of rotatable bonds is 3. The lowest BCUT2D eigenvalue weighted by Crippen LogP contribution is -2.40. The summed E-state index contributed by atoms with van der Waals surface area (Å²) in [6, 6.07) is 9.74. The normalized spacial score (nSPS) is 29.4. The Bertz CT molecular complexity index is 503. The van der Waals surface area contributed by atoms with Gasteiger partial charge in [0, 0.05) is 5.92 Å². The molecule has 106 valence electrons. The first-order valence-corrected chi connectivity index (χ1v) is 7.01. The molecule has 3 nitrogen and oxygen atoms in total. The molecule has 2 rings (SSSR count). The van der Waals surface area contributed by atoms with Crippen LogP contribution < -0.4 is 0 Å². The van der Waals surface area contributed by atoms with Gasteiger partial charge in [-0.25, -0.2) is 0 Å². The predicted molar refractivity (Wildman–Crippen MR) is 76.9 cm³/mol. The van der Waals surface area contributed by atoms with E-state index in [4.69, 9.17) is 11.2 Å². The van der Waals surface area contributed by atoms with E-state index in [0.717, 1.165) is 5.56 Å². The van der Waals surface area contributed by atoms with Crippen LogP contribution in [0.2, 0.25) is 0 Å². The molecule has 20 heavy (non-hydrogen) atoms. The topological polar surface area (TPSA) is 46.5 Å². The molecular formula is C17H20O3. The molecule has 0 bridgehead atoms. The molecule has 1 aliphatic rings. The van der Waals surface area contributed by atoms with Gasteiger partial charge in [0.1, 0.15) is 5.60 Å². The molecule has 0 aliphatic heterocycles. The Morgan fingerprint density at radius 3 is 2.80 bits per heavy atom. The van der Waals surface area contributed by atoms with E-state index in [-0.39, 0.29) is 17.8 Å². The standard InChI is InChI=1S/C17H20O3/c1-3-17(19)11-10-14(16(18)20-4-2)15(12-17)13-8-6-5-7-9-13/h1,5-9,14-15,19H,4,10-12H2,2H3/t14-,15+,17?/m0/s1. The minimum absolute atomic E-state index is 0.0925. The van der Waals surface area contributed by atoms with Crippen LogP contribution in [-0.4, -0.2) is 23.3 Å². The summed E-state index contributed by atoms with van der Waals surface area (Å²) in [4.78, 5) is 12.1. The molecule has 1 aliphatic carbocycles. The molecule has 1 aromatic carbocycles. The highest BCUT2D eigenvalue weighted by Gasteiger charge is 2.42. The molecule has 0 amide bonds. The summed E-state index contributed by atoms with van der Waals surface area (Å²) in [6.45, 7) is 2.17. The average molecular weight is 272 g/mol. The molecule has 0 radical (unpaired) electrons. The monoisotopic (exact) mass is 272 g/mol. The third-order valence-electron chi connectivity index (χ3n) is 4.00. The van der Waals surface area contributed by atoms with Gasteiger partial charge in [0.25, 0.3) is 0 Å². The number of carbonyl (C=O) groups is 1. The van der Waals surface area contributed by atoms with E-state index in [1.807, 2.05) is 30.3 Å². The van der Waals surface area contributed by atoms with Crippen molar-refractivity contribution in [3.63, 3.8) is 0 Å². The van der Waals surface area contributed by atoms with E-state index in [1.54, 1.807) is 6.92 Å². The smallest absolute Gasteiger partial charge is 0.309 e. The molecule has 1 saturated carbocycles. The maximum atomic E-state index is 12.1. The third-order valence-corrected chi connectivity index (χ3v) is 4.00. The van der Waals surface area contributed by atoms with Gasteiger partial charge >= 0.3 is 5.97 Å². The highest BCUT2D eigenvalue weighted by Crippen LogP contribution is 2.42. The van der Waals surface area contributed by atoms with E-state index < -0.39 is 5.60 Å². The Labute approximate surface area is 120 Å². The summed E-state index contributed by atoms with van der Waals surface area (Å²) in [7, 11) is 0. The van der Waals surface area contributed by atoms with Crippen molar-refractivity contribution in [1.29, 1.82) is 0 Å². The first-order chi connectivity index (χ1) is 9.59. The van der Waals surface area contributed by atoms with Crippen LogP contribution in [0.4, 0.5) is 0 Å². The number of esters is 1. The molecule has 1 aromatic rings. The highest BCUT2D eigenvalue weighted by molar-refractivity contribution is 5.74. The largest absolute Gasteiger partial charge is 0.466 e. The number of benzene rings is 1. The minimum Gasteiger partial charge on any atom is -0.466 e. The summed E-state index contributed by atoms with van der Waals surface area (Å²) in [5, 5.41) is 10.4. The predicted octanol–water partition coefficient (Wildman–Crippen LogP) is 2.50. The number of hydrogen-bond acceptors (Lipinski definition) is 3. The van der Waals surface area contributed by atoms with E-state index in [9.17, 15) is 9.90 Å². The van der Waals surface area contributed by atoms with Gasteiger partial charge < -0.3 is 9.84 Å². The van der Waals surface area contributed by atoms with Crippen LogP contribution in [0, 0.1) is 18.3 Å². The second-order valence-electron chi connectivity index (χ2n) is 5.29. The molecule has 3 heteroatoms. The first kappa shape index (κ1) is 14.6. The van der Waals surface area contributed by atoms with Crippen molar-refractivity contribution in [3.05, 3.63) is 35.9 Å². The van der Waals surface area contributed by atoms with Crippen molar-refractivity contribution in [2.75, 3.05) is 6.61 Å². The fourth-order valence-electron chi connectivity index (χ4n) is 2.92. The molecule has 0 heterocycles. The van der Waals surface area contributed by atoms with Gasteiger partial charge in [-0.3, -0.25) is 4.79 Å². The zero-order chi connectivity index (χ0) is 14.6. The summed E-state index contributed by atoms with van der Waals surface area (Å²) >= 11 is 0. The van der Waals surface area contributed by atoms with E-state index in [0.29, 0.717) is 25.9 Å². The van der Waals surface area contributed by atoms with Crippen LogP contribution in [0.15, 0.2) is 30.3 Å².